The minimum Gasteiger partial charge on any atom is -0.472 e. The summed E-state index contributed by atoms with van der Waals surface area (Å²) in [5, 5.41) is 0. The van der Waals surface area contributed by atoms with E-state index in [4.69, 9.17) is 9.47 Å². The third-order valence-electron chi connectivity index (χ3n) is 2.18. The van der Waals surface area contributed by atoms with Crippen LogP contribution in [0, 0.1) is 0 Å². The fourth-order valence-corrected chi connectivity index (χ4v) is 1.38. The number of hydrogen-bond acceptors (Lipinski definition) is 2. The molecule has 0 amide bonds. The molecule has 2 rings (SSSR count). The van der Waals surface area contributed by atoms with Gasteiger partial charge in [0.05, 0.1) is 25.7 Å². The molecule has 0 N–H and O–H groups in total. The monoisotopic (exact) mass is 214 g/mol. The van der Waals surface area contributed by atoms with Gasteiger partial charge in [-0.25, -0.2) is 0 Å². The van der Waals surface area contributed by atoms with Crippen LogP contribution in [0.3, 0.4) is 0 Å². The maximum Gasteiger partial charge on any atom is 0.0956 e. The van der Waals surface area contributed by atoms with E-state index < -0.39 is 0 Å². The Morgan fingerprint density at radius 2 is 1.88 bits per heavy atom. The van der Waals surface area contributed by atoms with Crippen LogP contribution in [0.25, 0.3) is 0 Å². The molecule has 0 aliphatic carbocycles. The molecule has 2 nitrogen and oxygen atoms in total. The molecule has 0 fully saturated rings. The smallest absolute Gasteiger partial charge is 0.0956 e. The normalized spacial score (nSPS) is 14.1. The van der Waals surface area contributed by atoms with Crippen LogP contribution in [-0.2, 0) is 16.1 Å². The highest BCUT2D eigenvalue weighted by Crippen LogP contribution is 2.06. The summed E-state index contributed by atoms with van der Waals surface area (Å²) in [7, 11) is 0. The van der Waals surface area contributed by atoms with Crippen LogP contribution in [0.5, 0.6) is 0 Å². The lowest BCUT2D eigenvalue weighted by molar-refractivity contribution is 0.142. The Morgan fingerprint density at radius 1 is 1.00 bits per heavy atom. The van der Waals surface area contributed by atoms with Gasteiger partial charge < -0.3 is 9.47 Å². The van der Waals surface area contributed by atoms with Gasteiger partial charge in [0.2, 0.25) is 0 Å². The van der Waals surface area contributed by atoms with Crippen molar-refractivity contribution in [1.82, 2.24) is 0 Å². The van der Waals surface area contributed by atoms with Gasteiger partial charge in [0.15, 0.2) is 0 Å². The molecule has 2 heteroatoms. The Kier molecular flexibility index (Phi) is 3.97. The third kappa shape index (κ3) is 3.41. The Morgan fingerprint density at radius 3 is 2.75 bits per heavy atom. The van der Waals surface area contributed by atoms with Crippen LogP contribution in [0.1, 0.15) is 5.56 Å². The highest BCUT2D eigenvalue weighted by molar-refractivity contribution is 5.23. The first-order valence-corrected chi connectivity index (χ1v) is 5.24. The predicted octanol–water partition coefficient (Wildman–Crippen LogP) is 3.19. The summed E-state index contributed by atoms with van der Waals surface area (Å²) in [6.45, 7) is 1.19. The minimum atomic E-state index is 0.563. The van der Waals surface area contributed by atoms with Gasteiger partial charge in [-0.15, -0.1) is 0 Å². The van der Waals surface area contributed by atoms with Crippen molar-refractivity contribution in [3.8, 4) is 0 Å². The van der Waals surface area contributed by atoms with Crippen LogP contribution in [0.4, 0.5) is 0 Å². The molecule has 1 aliphatic heterocycles. The predicted molar refractivity (Wildman–Crippen MR) is 63.5 cm³/mol. The molecule has 0 aromatic heterocycles. The Labute approximate surface area is 95.5 Å². The van der Waals surface area contributed by atoms with E-state index in [1.807, 2.05) is 36.4 Å². The Balaban J connectivity index is 1.78. The van der Waals surface area contributed by atoms with Crippen molar-refractivity contribution in [3.05, 3.63) is 72.2 Å². The summed E-state index contributed by atoms with van der Waals surface area (Å²) in [4.78, 5) is 0. The molecule has 0 saturated heterocycles. The quantitative estimate of drug-likeness (QED) is 0.766. The highest BCUT2D eigenvalue weighted by Gasteiger charge is 1.96. The summed E-state index contributed by atoms with van der Waals surface area (Å²) in [5.41, 5.74) is 2.21. The zero-order valence-electron chi connectivity index (χ0n) is 9.00. The van der Waals surface area contributed by atoms with Gasteiger partial charge in [0.1, 0.15) is 0 Å². The molecule has 0 spiro atoms. The molecule has 16 heavy (non-hydrogen) atoms. The second kappa shape index (κ2) is 5.93. The molecule has 1 aromatic rings. The number of benzene rings is 1. The summed E-state index contributed by atoms with van der Waals surface area (Å²) >= 11 is 0. The second-order valence-electron chi connectivity index (χ2n) is 3.49. The lowest BCUT2D eigenvalue weighted by Crippen LogP contribution is -1.97. The van der Waals surface area contributed by atoms with E-state index in [2.05, 4.69) is 12.1 Å². The average Bonchev–Trinajstić information content (AvgIpc) is 2.59. The maximum absolute atomic E-state index is 5.59. The van der Waals surface area contributed by atoms with E-state index in [-0.39, 0.29) is 0 Å². The molecule has 1 aliphatic rings. The second-order valence-corrected chi connectivity index (χ2v) is 3.49. The van der Waals surface area contributed by atoms with E-state index in [1.165, 1.54) is 5.56 Å². The van der Waals surface area contributed by atoms with Crippen molar-refractivity contribution in [1.29, 1.82) is 0 Å². The number of ether oxygens (including phenoxy) is 2. The fourth-order valence-electron chi connectivity index (χ4n) is 1.38. The van der Waals surface area contributed by atoms with Crippen molar-refractivity contribution in [2.75, 3.05) is 6.61 Å². The molecule has 0 bridgehead atoms. The Bertz CT molecular complexity index is 402. The zero-order chi connectivity index (χ0) is 11.1. The molecule has 1 heterocycles. The van der Waals surface area contributed by atoms with Gasteiger partial charge in [-0.2, -0.15) is 0 Å². The van der Waals surface area contributed by atoms with E-state index in [9.17, 15) is 0 Å². The number of rotatable bonds is 4. The summed E-state index contributed by atoms with van der Waals surface area (Å²) in [6.07, 6.45) is 9.10. The van der Waals surface area contributed by atoms with Crippen molar-refractivity contribution < 1.29 is 9.47 Å². The third-order valence-corrected chi connectivity index (χ3v) is 2.18. The molecule has 0 radical (unpaired) electrons. The van der Waals surface area contributed by atoms with Gasteiger partial charge >= 0.3 is 0 Å². The van der Waals surface area contributed by atoms with Gasteiger partial charge in [0, 0.05) is 5.57 Å². The average molecular weight is 214 g/mol. The molecule has 1 aromatic carbocycles. The maximum atomic E-state index is 5.59. The van der Waals surface area contributed by atoms with Gasteiger partial charge in [-0.05, 0) is 11.6 Å². The van der Waals surface area contributed by atoms with Crippen LogP contribution >= 0.6 is 0 Å². The molecular weight excluding hydrogens is 200 g/mol. The summed E-state index contributed by atoms with van der Waals surface area (Å²) in [5.74, 6) is 0. The lowest BCUT2D eigenvalue weighted by atomic mass is 10.2. The first-order valence-electron chi connectivity index (χ1n) is 5.24. The highest BCUT2D eigenvalue weighted by atomic mass is 16.5. The van der Waals surface area contributed by atoms with E-state index >= 15 is 0 Å². The van der Waals surface area contributed by atoms with Crippen molar-refractivity contribution in [2.45, 2.75) is 6.61 Å². The molecule has 0 saturated carbocycles. The molecule has 82 valence electrons. The first kappa shape index (κ1) is 10.7. The standard InChI is InChI=1S/C14H14O2/c1-2-6-13(7-3-1)10-16-12-14-8-4-5-9-15-11-14/h1-9,11H,10,12H2. The van der Waals surface area contributed by atoms with Crippen LogP contribution in [-0.4, -0.2) is 6.61 Å². The summed E-state index contributed by atoms with van der Waals surface area (Å²) in [6, 6.07) is 10.1. The topological polar surface area (TPSA) is 18.5 Å². The summed E-state index contributed by atoms with van der Waals surface area (Å²) < 4.78 is 10.7. The van der Waals surface area contributed by atoms with Crippen LogP contribution in [0.15, 0.2) is 66.7 Å². The van der Waals surface area contributed by atoms with E-state index in [0.29, 0.717) is 13.2 Å². The van der Waals surface area contributed by atoms with Gasteiger partial charge in [-0.3, -0.25) is 0 Å². The Hall–Kier alpha value is -1.80. The van der Waals surface area contributed by atoms with E-state index in [1.54, 1.807) is 12.5 Å². The van der Waals surface area contributed by atoms with Gasteiger partial charge in [-0.1, -0.05) is 42.5 Å². The number of allylic oxidation sites excluding steroid dienone is 2. The van der Waals surface area contributed by atoms with Crippen molar-refractivity contribution in [3.63, 3.8) is 0 Å². The number of hydrogen-bond donors (Lipinski definition) is 0. The molecule has 0 atom stereocenters. The SMILES string of the molecule is C1=COC=C(COCc2ccccc2)C=C1. The van der Waals surface area contributed by atoms with Gasteiger partial charge in [0.25, 0.3) is 0 Å². The lowest BCUT2D eigenvalue weighted by Gasteiger charge is -2.04. The molecular formula is C14H14O2. The molecule has 0 unspecified atom stereocenters. The van der Waals surface area contributed by atoms with E-state index in [0.717, 1.165) is 5.57 Å². The largest absolute Gasteiger partial charge is 0.472 e. The van der Waals surface area contributed by atoms with Crippen molar-refractivity contribution in [2.24, 2.45) is 0 Å². The fraction of sp³-hybridized carbons (Fsp3) is 0.143. The van der Waals surface area contributed by atoms with Crippen LogP contribution < -0.4 is 0 Å². The van der Waals surface area contributed by atoms with Crippen LogP contribution in [0.2, 0.25) is 0 Å². The zero-order valence-corrected chi connectivity index (χ0v) is 9.00. The first-order chi connectivity index (χ1) is 7.95. The minimum absolute atomic E-state index is 0.563. The van der Waals surface area contributed by atoms with Crippen molar-refractivity contribution >= 4 is 0 Å².